The second-order valence-corrected chi connectivity index (χ2v) is 5.26. The molecule has 0 aliphatic carbocycles. The van der Waals surface area contributed by atoms with Gasteiger partial charge in [0.15, 0.2) is 5.82 Å². The number of benzene rings is 1. The average Bonchev–Trinajstić information content (AvgIpc) is 3.02. The van der Waals surface area contributed by atoms with E-state index < -0.39 is 0 Å². The quantitative estimate of drug-likeness (QED) is 0.774. The minimum atomic E-state index is -0.325. The molecule has 24 heavy (non-hydrogen) atoms. The molecule has 2 aromatic heterocycles. The van der Waals surface area contributed by atoms with Gasteiger partial charge in [-0.05, 0) is 38.1 Å². The van der Waals surface area contributed by atoms with Crippen molar-refractivity contribution in [3.63, 3.8) is 0 Å². The highest BCUT2D eigenvalue weighted by atomic mass is 16.5. The molecule has 0 radical (unpaired) electrons. The zero-order valence-electron chi connectivity index (χ0n) is 13.6. The van der Waals surface area contributed by atoms with Gasteiger partial charge in [-0.3, -0.25) is 9.78 Å². The number of nitrogens with one attached hydrogen (secondary N) is 1. The van der Waals surface area contributed by atoms with Gasteiger partial charge in [0.05, 0.1) is 0 Å². The molecule has 6 nitrogen and oxygen atoms in total. The lowest BCUT2D eigenvalue weighted by Crippen LogP contribution is -2.18. The maximum Gasteiger partial charge on any atom is 0.275 e. The van der Waals surface area contributed by atoms with Gasteiger partial charge in [0.1, 0.15) is 11.5 Å². The summed E-state index contributed by atoms with van der Waals surface area (Å²) in [5.41, 5.74) is 2.28. The Labute approximate surface area is 140 Å². The molecule has 0 atom stereocenters. The molecule has 122 valence electrons. The molecule has 0 spiro atoms. The first-order valence-corrected chi connectivity index (χ1v) is 7.70. The van der Waals surface area contributed by atoms with E-state index in [1.807, 2.05) is 36.4 Å². The highest BCUT2D eigenvalue weighted by molar-refractivity contribution is 6.02. The zero-order valence-corrected chi connectivity index (χ0v) is 13.6. The summed E-state index contributed by atoms with van der Waals surface area (Å²) in [5.74, 6) is 0.683. The van der Waals surface area contributed by atoms with Crippen molar-refractivity contribution < 1.29 is 9.32 Å². The number of pyridine rings is 1. The Morgan fingerprint density at radius 3 is 2.62 bits per heavy atom. The number of carbonyl (C=O) groups excluding carboxylic acids is 1. The molecule has 0 aliphatic rings. The average molecular weight is 322 g/mol. The van der Waals surface area contributed by atoms with Crippen LogP contribution in [0, 0.1) is 6.92 Å². The minimum Gasteiger partial charge on any atom is -0.360 e. The SMILES string of the molecule is CCN(c1ccccc1)c1ccnc(C(=O)Nc2cc(C)on2)c1. The third kappa shape index (κ3) is 3.43. The van der Waals surface area contributed by atoms with Crippen molar-refractivity contribution in [3.05, 3.63) is 66.2 Å². The highest BCUT2D eigenvalue weighted by Gasteiger charge is 2.13. The van der Waals surface area contributed by atoms with E-state index in [1.54, 1.807) is 25.3 Å². The molecular formula is C18H18N4O2. The van der Waals surface area contributed by atoms with Crippen molar-refractivity contribution in [3.8, 4) is 0 Å². The van der Waals surface area contributed by atoms with Crippen LogP contribution in [0.15, 0.2) is 59.3 Å². The van der Waals surface area contributed by atoms with E-state index in [9.17, 15) is 4.79 Å². The second-order valence-electron chi connectivity index (χ2n) is 5.26. The lowest BCUT2D eigenvalue weighted by Gasteiger charge is -2.23. The summed E-state index contributed by atoms with van der Waals surface area (Å²) in [6, 6.07) is 15.3. The predicted octanol–water partition coefficient (Wildman–Crippen LogP) is 3.79. The number of aryl methyl sites for hydroxylation is 1. The number of nitrogens with zero attached hydrogens (tertiary/aromatic N) is 3. The molecule has 0 aliphatic heterocycles. The largest absolute Gasteiger partial charge is 0.360 e. The highest BCUT2D eigenvalue weighted by Crippen LogP contribution is 2.25. The second kappa shape index (κ2) is 6.95. The Bertz CT molecular complexity index is 830. The third-order valence-corrected chi connectivity index (χ3v) is 3.54. The van der Waals surface area contributed by atoms with Crippen LogP contribution in [-0.2, 0) is 0 Å². The molecule has 0 saturated carbocycles. The summed E-state index contributed by atoms with van der Waals surface area (Å²) in [4.78, 5) is 18.6. The van der Waals surface area contributed by atoms with Crippen LogP contribution in [0.3, 0.4) is 0 Å². The van der Waals surface area contributed by atoms with Crippen molar-refractivity contribution in [1.82, 2.24) is 10.1 Å². The smallest absolute Gasteiger partial charge is 0.275 e. The summed E-state index contributed by atoms with van der Waals surface area (Å²) < 4.78 is 4.95. The van der Waals surface area contributed by atoms with E-state index in [1.165, 1.54) is 0 Å². The van der Waals surface area contributed by atoms with Crippen LogP contribution < -0.4 is 10.2 Å². The van der Waals surface area contributed by atoms with Gasteiger partial charge in [-0.25, -0.2) is 0 Å². The molecule has 3 aromatic rings. The van der Waals surface area contributed by atoms with Crippen molar-refractivity contribution in [2.24, 2.45) is 0 Å². The summed E-state index contributed by atoms with van der Waals surface area (Å²) in [6.07, 6.45) is 1.63. The standard InChI is InChI=1S/C18H18N4O2/c1-3-22(14-7-5-4-6-8-14)15-9-10-19-16(12-15)18(23)20-17-11-13(2)24-21-17/h4-12H,3H2,1-2H3,(H,20,21,23). The van der Waals surface area contributed by atoms with Crippen LogP contribution in [0.5, 0.6) is 0 Å². The number of para-hydroxylation sites is 1. The first-order valence-electron chi connectivity index (χ1n) is 7.70. The summed E-state index contributed by atoms with van der Waals surface area (Å²) in [6.45, 7) is 4.60. The number of aromatic nitrogens is 2. The van der Waals surface area contributed by atoms with Gasteiger partial charge in [-0.1, -0.05) is 23.4 Å². The molecule has 1 aromatic carbocycles. The monoisotopic (exact) mass is 322 g/mol. The Hall–Kier alpha value is -3.15. The van der Waals surface area contributed by atoms with E-state index in [-0.39, 0.29) is 5.91 Å². The number of amides is 1. The minimum absolute atomic E-state index is 0.322. The molecule has 0 unspecified atom stereocenters. The van der Waals surface area contributed by atoms with Crippen LogP contribution in [0.2, 0.25) is 0 Å². The number of carbonyl (C=O) groups is 1. The fourth-order valence-electron chi connectivity index (χ4n) is 2.44. The Morgan fingerprint density at radius 2 is 1.96 bits per heavy atom. The third-order valence-electron chi connectivity index (χ3n) is 3.54. The van der Waals surface area contributed by atoms with Crippen LogP contribution in [0.1, 0.15) is 23.2 Å². The lowest BCUT2D eigenvalue weighted by molar-refractivity contribution is 0.102. The Kier molecular flexibility index (Phi) is 4.56. The van der Waals surface area contributed by atoms with Crippen molar-refractivity contribution >= 4 is 23.1 Å². The Balaban J connectivity index is 1.84. The number of hydrogen-bond donors (Lipinski definition) is 1. The summed E-state index contributed by atoms with van der Waals surface area (Å²) in [5, 5.41) is 6.44. The molecule has 0 bridgehead atoms. The van der Waals surface area contributed by atoms with Crippen LogP contribution in [0.4, 0.5) is 17.2 Å². The molecule has 0 fully saturated rings. The zero-order chi connectivity index (χ0) is 16.9. The molecule has 2 heterocycles. The number of anilines is 3. The maximum atomic E-state index is 12.3. The fourth-order valence-corrected chi connectivity index (χ4v) is 2.44. The molecule has 3 rings (SSSR count). The molecule has 0 saturated heterocycles. The van der Waals surface area contributed by atoms with Crippen molar-refractivity contribution in [2.45, 2.75) is 13.8 Å². The normalized spacial score (nSPS) is 10.4. The van der Waals surface area contributed by atoms with Crippen molar-refractivity contribution in [1.29, 1.82) is 0 Å². The summed E-state index contributed by atoms with van der Waals surface area (Å²) in [7, 11) is 0. The lowest BCUT2D eigenvalue weighted by atomic mass is 10.2. The van der Waals surface area contributed by atoms with Crippen LogP contribution in [0.25, 0.3) is 0 Å². The number of hydrogen-bond acceptors (Lipinski definition) is 5. The number of rotatable bonds is 5. The van der Waals surface area contributed by atoms with Gasteiger partial charge in [-0.15, -0.1) is 0 Å². The Morgan fingerprint density at radius 1 is 1.17 bits per heavy atom. The molecular weight excluding hydrogens is 304 g/mol. The molecule has 1 amide bonds. The van der Waals surface area contributed by atoms with E-state index in [2.05, 4.69) is 27.3 Å². The van der Waals surface area contributed by atoms with E-state index in [0.29, 0.717) is 17.3 Å². The predicted molar refractivity (Wildman–Crippen MR) is 92.6 cm³/mol. The van der Waals surface area contributed by atoms with Crippen molar-refractivity contribution in [2.75, 3.05) is 16.8 Å². The van der Waals surface area contributed by atoms with Gasteiger partial charge in [0.2, 0.25) is 0 Å². The van der Waals surface area contributed by atoms with E-state index in [0.717, 1.165) is 17.9 Å². The maximum absolute atomic E-state index is 12.3. The first kappa shape index (κ1) is 15.7. The fraction of sp³-hybridized carbons (Fsp3) is 0.167. The van der Waals surface area contributed by atoms with E-state index >= 15 is 0 Å². The summed E-state index contributed by atoms with van der Waals surface area (Å²) >= 11 is 0. The van der Waals surface area contributed by atoms with Crippen LogP contribution >= 0.6 is 0 Å². The van der Waals surface area contributed by atoms with Gasteiger partial charge in [-0.2, -0.15) is 0 Å². The van der Waals surface area contributed by atoms with Gasteiger partial charge in [0.25, 0.3) is 5.91 Å². The topological polar surface area (TPSA) is 71.3 Å². The van der Waals surface area contributed by atoms with Crippen LogP contribution in [-0.4, -0.2) is 22.6 Å². The molecule has 6 heteroatoms. The van der Waals surface area contributed by atoms with E-state index in [4.69, 9.17) is 4.52 Å². The van der Waals surface area contributed by atoms with Gasteiger partial charge < -0.3 is 14.7 Å². The first-order chi connectivity index (χ1) is 11.7. The molecule has 1 N–H and O–H groups in total. The van der Waals surface area contributed by atoms with Gasteiger partial charge in [0, 0.05) is 30.2 Å². The van der Waals surface area contributed by atoms with Gasteiger partial charge >= 0.3 is 0 Å².